The molecule has 3 N–H and O–H groups in total. The van der Waals surface area contributed by atoms with Gasteiger partial charge in [-0.3, -0.25) is 4.99 Å². The zero-order chi connectivity index (χ0) is 16.3. The molecule has 0 saturated heterocycles. The van der Waals surface area contributed by atoms with Crippen molar-refractivity contribution in [3.05, 3.63) is 58.6 Å². The van der Waals surface area contributed by atoms with Crippen LogP contribution in [-0.4, -0.2) is 19.6 Å². The third-order valence-corrected chi connectivity index (χ3v) is 4.68. The highest BCUT2D eigenvalue weighted by atomic mass is 79.9. The topological polar surface area (TPSA) is 59.6 Å². The summed E-state index contributed by atoms with van der Waals surface area (Å²) in [5.74, 6) is 1.22. The molecule has 4 nitrogen and oxygen atoms in total. The molecular weight excluding hydrogens is 354 g/mol. The Morgan fingerprint density at radius 1 is 1.26 bits per heavy atom. The van der Waals surface area contributed by atoms with Crippen LogP contribution < -0.4 is 15.8 Å². The van der Waals surface area contributed by atoms with E-state index < -0.39 is 0 Å². The second kappa shape index (κ2) is 6.62. The van der Waals surface area contributed by atoms with Gasteiger partial charge in [0.1, 0.15) is 5.75 Å². The van der Waals surface area contributed by atoms with Gasteiger partial charge in [-0.2, -0.15) is 0 Å². The van der Waals surface area contributed by atoms with Gasteiger partial charge in [0.15, 0.2) is 5.96 Å². The molecule has 1 saturated carbocycles. The lowest BCUT2D eigenvalue weighted by atomic mass is 9.96. The first-order valence-corrected chi connectivity index (χ1v) is 8.38. The van der Waals surface area contributed by atoms with Crippen LogP contribution in [0, 0.1) is 0 Å². The van der Waals surface area contributed by atoms with Crippen LogP contribution in [0.1, 0.15) is 18.4 Å². The van der Waals surface area contributed by atoms with Crippen LogP contribution in [0.5, 0.6) is 5.75 Å². The number of aliphatic imine (C=N–C) groups is 1. The molecule has 0 aromatic heterocycles. The minimum atomic E-state index is 0.143. The van der Waals surface area contributed by atoms with Crippen molar-refractivity contribution in [3.8, 4) is 5.75 Å². The molecule has 2 aromatic carbocycles. The van der Waals surface area contributed by atoms with Crippen LogP contribution in [0.2, 0.25) is 0 Å². The Hall–Kier alpha value is -2.01. The van der Waals surface area contributed by atoms with E-state index in [1.807, 2.05) is 30.3 Å². The molecule has 0 heterocycles. The fourth-order valence-electron chi connectivity index (χ4n) is 2.63. The van der Waals surface area contributed by atoms with Crippen LogP contribution in [0.25, 0.3) is 0 Å². The summed E-state index contributed by atoms with van der Waals surface area (Å²) in [5, 5.41) is 3.12. The maximum absolute atomic E-state index is 6.03. The summed E-state index contributed by atoms with van der Waals surface area (Å²) in [6, 6.07) is 16.1. The number of hydrogen-bond donors (Lipinski definition) is 2. The summed E-state index contributed by atoms with van der Waals surface area (Å²) >= 11 is 3.54. The van der Waals surface area contributed by atoms with Gasteiger partial charge in [0.2, 0.25) is 0 Å². The van der Waals surface area contributed by atoms with Crippen molar-refractivity contribution >= 4 is 27.6 Å². The van der Waals surface area contributed by atoms with Crippen LogP contribution >= 0.6 is 15.9 Å². The number of anilines is 1. The maximum atomic E-state index is 6.03. The minimum Gasteiger partial charge on any atom is -0.497 e. The molecule has 0 unspecified atom stereocenters. The fourth-order valence-corrected chi connectivity index (χ4v) is 3.03. The van der Waals surface area contributed by atoms with Gasteiger partial charge in [0.05, 0.1) is 13.7 Å². The van der Waals surface area contributed by atoms with Gasteiger partial charge in [0, 0.05) is 21.6 Å². The Kier molecular flexibility index (Phi) is 4.57. The number of nitrogens with two attached hydrogens (primary N) is 1. The van der Waals surface area contributed by atoms with Gasteiger partial charge >= 0.3 is 0 Å². The van der Waals surface area contributed by atoms with Crippen LogP contribution in [-0.2, 0) is 5.41 Å². The normalized spacial score (nSPS) is 16.0. The molecule has 1 aliphatic carbocycles. The molecule has 2 aromatic rings. The van der Waals surface area contributed by atoms with Crippen molar-refractivity contribution in [2.75, 3.05) is 19.0 Å². The van der Waals surface area contributed by atoms with Crippen molar-refractivity contribution in [2.24, 2.45) is 10.7 Å². The number of rotatable bonds is 5. The zero-order valence-corrected chi connectivity index (χ0v) is 14.6. The number of ether oxygens (including phenoxy) is 1. The van der Waals surface area contributed by atoms with Crippen molar-refractivity contribution in [3.63, 3.8) is 0 Å². The molecule has 1 fully saturated rings. The molecule has 0 amide bonds. The molecule has 1 aliphatic rings. The van der Waals surface area contributed by atoms with Crippen molar-refractivity contribution in [2.45, 2.75) is 18.3 Å². The highest BCUT2D eigenvalue weighted by Crippen LogP contribution is 2.48. The molecule has 3 rings (SSSR count). The second-order valence-electron chi connectivity index (χ2n) is 5.85. The van der Waals surface area contributed by atoms with E-state index >= 15 is 0 Å². The van der Waals surface area contributed by atoms with E-state index in [1.54, 1.807) is 7.11 Å². The van der Waals surface area contributed by atoms with Gasteiger partial charge in [-0.05, 0) is 42.7 Å². The van der Waals surface area contributed by atoms with Gasteiger partial charge in [0.25, 0.3) is 0 Å². The van der Waals surface area contributed by atoms with E-state index in [-0.39, 0.29) is 5.41 Å². The molecule has 0 atom stereocenters. The van der Waals surface area contributed by atoms with Crippen molar-refractivity contribution in [1.82, 2.24) is 0 Å². The average molecular weight is 374 g/mol. The number of hydrogen-bond acceptors (Lipinski definition) is 2. The van der Waals surface area contributed by atoms with Gasteiger partial charge < -0.3 is 15.8 Å². The highest BCUT2D eigenvalue weighted by molar-refractivity contribution is 9.10. The summed E-state index contributed by atoms with van der Waals surface area (Å²) < 4.78 is 6.31. The maximum Gasteiger partial charge on any atom is 0.193 e. The van der Waals surface area contributed by atoms with E-state index in [1.165, 1.54) is 5.56 Å². The van der Waals surface area contributed by atoms with Gasteiger partial charge in [-0.15, -0.1) is 0 Å². The van der Waals surface area contributed by atoms with Crippen molar-refractivity contribution in [1.29, 1.82) is 0 Å². The molecule has 120 valence electrons. The lowest BCUT2D eigenvalue weighted by Gasteiger charge is -2.14. The third-order valence-electron chi connectivity index (χ3n) is 4.18. The van der Waals surface area contributed by atoms with Gasteiger partial charge in [-0.25, -0.2) is 0 Å². The monoisotopic (exact) mass is 373 g/mol. The Morgan fingerprint density at radius 2 is 2.04 bits per heavy atom. The smallest absolute Gasteiger partial charge is 0.193 e. The van der Waals surface area contributed by atoms with Crippen LogP contribution in [0.15, 0.2) is 58.0 Å². The number of nitrogens with one attached hydrogen (secondary N) is 1. The predicted octanol–water partition coefficient (Wildman–Crippen LogP) is 3.92. The lowest BCUT2D eigenvalue weighted by Crippen LogP contribution is -2.25. The Balaban J connectivity index is 1.67. The van der Waals surface area contributed by atoms with E-state index in [9.17, 15) is 0 Å². The Morgan fingerprint density at radius 3 is 2.74 bits per heavy atom. The zero-order valence-electron chi connectivity index (χ0n) is 13.1. The first-order chi connectivity index (χ1) is 11.1. The standard InChI is InChI=1S/C18H20BrN3O/c1-23-16-7-3-6-15(11-16)22-17(20)21-12-18(8-9-18)13-4-2-5-14(19)10-13/h2-7,10-11H,8-9,12H2,1H3,(H3,20,21,22). The van der Waals surface area contributed by atoms with E-state index in [2.05, 4.69) is 44.4 Å². The SMILES string of the molecule is COc1cccc(NC(N)=NCC2(c3cccc(Br)c3)CC2)c1. The summed E-state index contributed by atoms with van der Waals surface area (Å²) in [7, 11) is 1.64. The van der Waals surface area contributed by atoms with E-state index in [0.717, 1.165) is 28.8 Å². The largest absolute Gasteiger partial charge is 0.497 e. The Bertz CT molecular complexity index is 726. The predicted molar refractivity (Wildman–Crippen MR) is 98.2 cm³/mol. The number of guanidine groups is 1. The highest BCUT2D eigenvalue weighted by Gasteiger charge is 2.44. The molecule has 5 heteroatoms. The first-order valence-electron chi connectivity index (χ1n) is 7.58. The van der Waals surface area contributed by atoms with Crippen LogP contribution in [0.3, 0.4) is 0 Å². The number of benzene rings is 2. The average Bonchev–Trinajstić information content (AvgIpc) is 3.34. The fraction of sp³-hybridized carbons (Fsp3) is 0.278. The number of nitrogens with zero attached hydrogens (tertiary/aromatic N) is 1. The molecular formula is C18H20BrN3O. The molecule has 0 bridgehead atoms. The lowest BCUT2D eigenvalue weighted by molar-refractivity contribution is 0.415. The third kappa shape index (κ3) is 3.85. The Labute approximate surface area is 144 Å². The minimum absolute atomic E-state index is 0.143. The van der Waals surface area contributed by atoms with Gasteiger partial charge in [-0.1, -0.05) is 34.1 Å². The van der Waals surface area contributed by atoms with Crippen LogP contribution in [0.4, 0.5) is 5.69 Å². The van der Waals surface area contributed by atoms with E-state index in [0.29, 0.717) is 12.5 Å². The quantitative estimate of drug-likeness (QED) is 0.616. The second-order valence-corrected chi connectivity index (χ2v) is 6.76. The summed E-state index contributed by atoms with van der Waals surface area (Å²) in [6.45, 7) is 0.701. The molecule has 23 heavy (non-hydrogen) atoms. The molecule has 0 spiro atoms. The summed E-state index contributed by atoms with van der Waals surface area (Å²) in [6.07, 6.45) is 2.30. The number of methoxy groups -OCH3 is 1. The number of halogens is 1. The van der Waals surface area contributed by atoms with Crippen molar-refractivity contribution < 1.29 is 4.74 Å². The molecule has 0 radical (unpaired) electrons. The first kappa shape index (κ1) is 15.9. The summed E-state index contributed by atoms with van der Waals surface area (Å²) in [5.41, 5.74) is 8.37. The summed E-state index contributed by atoms with van der Waals surface area (Å²) in [4.78, 5) is 4.54. The van der Waals surface area contributed by atoms with E-state index in [4.69, 9.17) is 10.5 Å². The molecule has 0 aliphatic heterocycles.